The summed E-state index contributed by atoms with van der Waals surface area (Å²) in [6.07, 6.45) is 3.98. The highest BCUT2D eigenvalue weighted by atomic mass is 16.2. The van der Waals surface area contributed by atoms with Gasteiger partial charge in [-0.05, 0) is 31.0 Å². The van der Waals surface area contributed by atoms with Gasteiger partial charge in [-0.25, -0.2) is 14.8 Å². The van der Waals surface area contributed by atoms with Crippen molar-refractivity contribution in [3.63, 3.8) is 0 Å². The number of carbonyl (C=O) groups is 1. The van der Waals surface area contributed by atoms with Crippen molar-refractivity contribution >= 4 is 11.7 Å². The Morgan fingerprint density at radius 3 is 2.75 bits per heavy atom. The monoisotopic (exact) mass is 268 g/mol. The Balaban J connectivity index is 1.53. The summed E-state index contributed by atoms with van der Waals surface area (Å²) >= 11 is 0. The third-order valence-electron chi connectivity index (χ3n) is 3.20. The molecule has 1 aliphatic carbocycles. The van der Waals surface area contributed by atoms with Crippen molar-refractivity contribution in [2.45, 2.75) is 25.3 Å². The van der Waals surface area contributed by atoms with Crippen LogP contribution in [0.4, 0.5) is 10.5 Å². The highest BCUT2D eigenvalue weighted by molar-refractivity contribution is 5.89. The Labute approximate surface area is 117 Å². The molecule has 0 saturated heterocycles. The molecule has 1 aromatic carbocycles. The van der Waals surface area contributed by atoms with Crippen molar-refractivity contribution in [2.24, 2.45) is 0 Å². The van der Waals surface area contributed by atoms with E-state index < -0.39 is 0 Å². The maximum Gasteiger partial charge on any atom is 0.319 e. The molecule has 1 heterocycles. The van der Waals surface area contributed by atoms with Crippen molar-refractivity contribution in [1.82, 2.24) is 15.3 Å². The summed E-state index contributed by atoms with van der Waals surface area (Å²) in [4.78, 5) is 20.2. The number of hydrogen-bond donors (Lipinski definition) is 2. The van der Waals surface area contributed by atoms with Crippen molar-refractivity contribution < 1.29 is 4.79 Å². The molecule has 2 amide bonds. The van der Waals surface area contributed by atoms with Crippen LogP contribution in [0.1, 0.15) is 30.1 Å². The Hall–Kier alpha value is -2.43. The van der Waals surface area contributed by atoms with Gasteiger partial charge in [-0.15, -0.1) is 0 Å². The molecule has 2 aromatic rings. The first kappa shape index (κ1) is 12.6. The highest BCUT2D eigenvalue weighted by Crippen LogP contribution is 2.38. The number of benzene rings is 1. The van der Waals surface area contributed by atoms with Crippen LogP contribution in [0.15, 0.2) is 42.7 Å². The smallest absolute Gasteiger partial charge is 0.319 e. The van der Waals surface area contributed by atoms with Gasteiger partial charge in [0.05, 0.1) is 12.2 Å². The molecule has 5 nitrogen and oxygen atoms in total. The summed E-state index contributed by atoms with van der Waals surface area (Å²) in [7, 11) is 0. The van der Waals surface area contributed by atoms with Gasteiger partial charge in [-0.1, -0.05) is 18.2 Å². The lowest BCUT2D eigenvalue weighted by atomic mass is 10.2. The SMILES string of the molecule is O=C(NCc1cc(C2CC2)ncn1)Nc1ccccc1. The second-order valence-electron chi connectivity index (χ2n) is 4.88. The van der Waals surface area contributed by atoms with Crippen molar-refractivity contribution in [3.8, 4) is 0 Å². The second kappa shape index (κ2) is 5.69. The van der Waals surface area contributed by atoms with E-state index in [4.69, 9.17) is 0 Å². The van der Waals surface area contributed by atoms with Crippen molar-refractivity contribution in [1.29, 1.82) is 0 Å². The first-order chi connectivity index (χ1) is 9.81. The number of para-hydroxylation sites is 1. The van der Waals surface area contributed by atoms with Gasteiger partial charge in [0.25, 0.3) is 0 Å². The van der Waals surface area contributed by atoms with Gasteiger partial charge in [0.2, 0.25) is 0 Å². The van der Waals surface area contributed by atoms with E-state index in [9.17, 15) is 4.79 Å². The molecule has 0 bridgehead atoms. The zero-order valence-electron chi connectivity index (χ0n) is 11.0. The second-order valence-corrected chi connectivity index (χ2v) is 4.88. The van der Waals surface area contributed by atoms with Gasteiger partial charge in [0.1, 0.15) is 6.33 Å². The zero-order chi connectivity index (χ0) is 13.8. The van der Waals surface area contributed by atoms with Gasteiger partial charge in [-0.2, -0.15) is 0 Å². The minimum absolute atomic E-state index is 0.234. The van der Waals surface area contributed by atoms with Crippen LogP contribution in [0.25, 0.3) is 0 Å². The molecular formula is C15H16N4O. The molecule has 3 rings (SSSR count). The number of urea groups is 1. The van der Waals surface area contributed by atoms with Crippen LogP contribution in [0.3, 0.4) is 0 Å². The van der Waals surface area contributed by atoms with E-state index in [2.05, 4.69) is 20.6 Å². The van der Waals surface area contributed by atoms with Crippen LogP contribution >= 0.6 is 0 Å². The fraction of sp³-hybridized carbons (Fsp3) is 0.267. The average Bonchev–Trinajstić information content (AvgIpc) is 3.31. The van der Waals surface area contributed by atoms with E-state index >= 15 is 0 Å². The third kappa shape index (κ3) is 3.32. The predicted molar refractivity (Wildman–Crippen MR) is 76.3 cm³/mol. The predicted octanol–water partition coefficient (Wildman–Crippen LogP) is 2.68. The minimum Gasteiger partial charge on any atom is -0.332 e. The standard InChI is InChI=1S/C15H16N4O/c20-15(19-12-4-2-1-3-5-12)16-9-13-8-14(11-6-7-11)18-10-17-13/h1-5,8,10-11H,6-7,9H2,(H2,16,19,20). The molecule has 102 valence electrons. The summed E-state index contributed by atoms with van der Waals surface area (Å²) in [5, 5.41) is 5.56. The van der Waals surface area contributed by atoms with E-state index in [1.54, 1.807) is 6.33 Å². The van der Waals surface area contributed by atoms with E-state index in [1.165, 1.54) is 12.8 Å². The van der Waals surface area contributed by atoms with E-state index in [-0.39, 0.29) is 6.03 Å². The topological polar surface area (TPSA) is 66.9 Å². The average molecular weight is 268 g/mol. The largest absolute Gasteiger partial charge is 0.332 e. The number of hydrogen-bond acceptors (Lipinski definition) is 3. The lowest BCUT2D eigenvalue weighted by molar-refractivity contribution is 0.251. The van der Waals surface area contributed by atoms with E-state index in [0.717, 1.165) is 17.1 Å². The van der Waals surface area contributed by atoms with Crippen LogP contribution < -0.4 is 10.6 Å². The maximum atomic E-state index is 11.8. The van der Waals surface area contributed by atoms with Crippen molar-refractivity contribution in [2.75, 3.05) is 5.32 Å². The quantitative estimate of drug-likeness (QED) is 0.895. The molecule has 1 aliphatic rings. The number of rotatable bonds is 4. The first-order valence-electron chi connectivity index (χ1n) is 6.72. The third-order valence-corrected chi connectivity index (χ3v) is 3.20. The molecule has 0 atom stereocenters. The Bertz CT molecular complexity index is 596. The summed E-state index contributed by atoms with van der Waals surface area (Å²) in [6.45, 7) is 0.404. The van der Waals surface area contributed by atoms with E-state index in [1.807, 2.05) is 36.4 Å². The first-order valence-corrected chi connectivity index (χ1v) is 6.72. The normalized spacial score (nSPS) is 13.8. The number of nitrogens with one attached hydrogen (secondary N) is 2. The Kier molecular flexibility index (Phi) is 3.58. The summed E-state index contributed by atoms with van der Waals surface area (Å²) in [5.74, 6) is 0.592. The van der Waals surface area contributed by atoms with Crippen LogP contribution in [0.5, 0.6) is 0 Å². The lowest BCUT2D eigenvalue weighted by Crippen LogP contribution is -2.28. The summed E-state index contributed by atoms with van der Waals surface area (Å²) in [5.41, 5.74) is 2.69. The summed E-state index contributed by atoms with van der Waals surface area (Å²) < 4.78 is 0. The number of anilines is 1. The Morgan fingerprint density at radius 1 is 1.20 bits per heavy atom. The van der Waals surface area contributed by atoms with Gasteiger partial charge in [0, 0.05) is 17.3 Å². The van der Waals surface area contributed by atoms with Crippen molar-refractivity contribution in [3.05, 3.63) is 54.1 Å². The lowest BCUT2D eigenvalue weighted by Gasteiger charge is -2.07. The molecule has 0 radical (unpaired) electrons. The fourth-order valence-electron chi connectivity index (χ4n) is 1.98. The molecule has 20 heavy (non-hydrogen) atoms. The highest BCUT2D eigenvalue weighted by Gasteiger charge is 2.25. The molecule has 1 fully saturated rings. The number of aromatic nitrogens is 2. The maximum absolute atomic E-state index is 11.8. The number of carbonyl (C=O) groups excluding carboxylic acids is 1. The fourth-order valence-corrected chi connectivity index (χ4v) is 1.98. The molecule has 0 aliphatic heterocycles. The summed E-state index contributed by atoms with van der Waals surface area (Å²) in [6, 6.07) is 11.1. The van der Waals surface area contributed by atoms with Crippen LogP contribution in [0, 0.1) is 0 Å². The molecule has 2 N–H and O–H groups in total. The number of amides is 2. The molecule has 0 spiro atoms. The van der Waals surface area contributed by atoms with Gasteiger partial charge >= 0.3 is 6.03 Å². The molecular weight excluding hydrogens is 252 g/mol. The van der Waals surface area contributed by atoms with Gasteiger partial charge in [-0.3, -0.25) is 0 Å². The van der Waals surface area contributed by atoms with E-state index in [0.29, 0.717) is 12.5 Å². The molecule has 5 heteroatoms. The number of nitrogens with zero attached hydrogens (tertiary/aromatic N) is 2. The zero-order valence-corrected chi connectivity index (χ0v) is 11.0. The van der Waals surface area contributed by atoms with Gasteiger partial charge in [0.15, 0.2) is 0 Å². The van der Waals surface area contributed by atoms with Crippen LogP contribution in [0.2, 0.25) is 0 Å². The van der Waals surface area contributed by atoms with Gasteiger partial charge < -0.3 is 10.6 Å². The molecule has 0 unspecified atom stereocenters. The Morgan fingerprint density at radius 2 is 2.00 bits per heavy atom. The van der Waals surface area contributed by atoms with Crippen LogP contribution in [-0.2, 0) is 6.54 Å². The molecule has 1 aromatic heterocycles. The van der Waals surface area contributed by atoms with Crippen LogP contribution in [-0.4, -0.2) is 16.0 Å². The molecule has 1 saturated carbocycles. The minimum atomic E-state index is -0.234.